The third-order valence-electron chi connectivity index (χ3n) is 4.71. The van der Waals surface area contributed by atoms with E-state index in [1.165, 1.54) is 18.6 Å². The normalized spacial score (nSPS) is 21.3. The fourth-order valence-electron chi connectivity index (χ4n) is 3.35. The highest BCUT2D eigenvalue weighted by Crippen LogP contribution is 2.57. The number of aromatic nitrogens is 4. The number of hydrogen-bond donors (Lipinski definition) is 2. The summed E-state index contributed by atoms with van der Waals surface area (Å²) in [6.45, 7) is 3.33. The molecule has 1 fully saturated rings. The van der Waals surface area contributed by atoms with Gasteiger partial charge >= 0.3 is 0 Å². The summed E-state index contributed by atoms with van der Waals surface area (Å²) in [5, 5.41) is 28.2. The van der Waals surface area contributed by atoms with Gasteiger partial charge in [-0.05, 0) is 32.6 Å². The molecule has 1 saturated carbocycles. The highest BCUT2D eigenvalue weighted by atomic mass is 16.5. The van der Waals surface area contributed by atoms with E-state index in [-0.39, 0.29) is 12.5 Å². The van der Waals surface area contributed by atoms with Crippen LogP contribution in [-0.2, 0) is 6.42 Å². The summed E-state index contributed by atoms with van der Waals surface area (Å²) in [6.07, 6.45) is 6.00. The Bertz CT molecular complexity index is 829. The minimum absolute atomic E-state index is 0.163. The third-order valence-corrected chi connectivity index (χ3v) is 4.71. The molecule has 24 heavy (non-hydrogen) atoms. The van der Waals surface area contributed by atoms with Gasteiger partial charge in [0.05, 0.1) is 24.0 Å². The summed E-state index contributed by atoms with van der Waals surface area (Å²) in [5.74, 6) is 1.06. The third kappa shape index (κ3) is 2.34. The Morgan fingerprint density at radius 3 is 3.08 bits per heavy atom. The molecule has 0 bridgehead atoms. The number of carbonyl (C=O) groups is 1. The van der Waals surface area contributed by atoms with Gasteiger partial charge in [0.25, 0.3) is 5.91 Å². The van der Waals surface area contributed by atoms with E-state index in [9.17, 15) is 15.1 Å². The van der Waals surface area contributed by atoms with Crippen molar-refractivity contribution in [3.05, 3.63) is 40.7 Å². The second-order valence-corrected chi connectivity index (χ2v) is 7.20. The molecule has 4 rings (SSSR count). The van der Waals surface area contributed by atoms with Crippen molar-refractivity contribution in [2.45, 2.75) is 38.1 Å². The van der Waals surface area contributed by atoms with Crippen LogP contribution in [0.2, 0.25) is 0 Å². The van der Waals surface area contributed by atoms with Crippen LogP contribution in [0.3, 0.4) is 0 Å². The zero-order chi connectivity index (χ0) is 17.1. The minimum atomic E-state index is -0.724. The summed E-state index contributed by atoms with van der Waals surface area (Å²) in [7, 11) is 0. The van der Waals surface area contributed by atoms with Crippen molar-refractivity contribution in [2.75, 3.05) is 6.61 Å². The van der Waals surface area contributed by atoms with Gasteiger partial charge in [0.1, 0.15) is 0 Å². The number of carbonyl (C=O) groups excluding carboxylic acids is 1. The fraction of sp³-hybridized carbons (Fsp3) is 0.500. The fourth-order valence-corrected chi connectivity index (χ4v) is 3.35. The first-order valence-electron chi connectivity index (χ1n) is 8.00. The smallest absolute Gasteiger partial charge is 0.272 e. The Kier molecular flexibility index (Phi) is 3.14. The molecule has 2 atom stereocenters. The Hall–Kier alpha value is -2.48. The molecule has 8 heteroatoms. The Morgan fingerprint density at radius 1 is 1.58 bits per heavy atom. The first kappa shape index (κ1) is 15.1. The zero-order valence-corrected chi connectivity index (χ0v) is 13.6. The van der Waals surface area contributed by atoms with Gasteiger partial charge in [-0.2, -0.15) is 9.83 Å². The monoisotopic (exact) mass is 329 g/mol. The number of nitrogens with zero attached hydrogens (tertiary/aromatic N) is 4. The second kappa shape index (κ2) is 5.01. The van der Waals surface area contributed by atoms with Crippen LogP contribution in [0.5, 0.6) is 0 Å². The van der Waals surface area contributed by atoms with Crippen LogP contribution in [0, 0.1) is 11.1 Å². The summed E-state index contributed by atoms with van der Waals surface area (Å²) >= 11 is 0. The standard InChI is InChI=1S/C16H19N5O3/c1-16(2,8-22)18-15(23)13-11-6-9-5-10(9)14(11)21(19-13)12-7-20(24)4-3-17-12/h3-4,7,9-10,22H,5-6,8H2,1-2H3,(H,18,23)/t9-,10-/m1/s1. The SMILES string of the molecule is CC(C)(CO)NC(=O)c1nn(-c2c[n+]([O-])ccn2)c2c1C[C@H]1C[C@@H]21. The molecule has 126 valence electrons. The topological polar surface area (TPSA) is 107 Å². The number of fused-ring (bicyclic) bond motifs is 3. The number of hydrogen-bond acceptors (Lipinski definition) is 5. The van der Waals surface area contributed by atoms with Crippen molar-refractivity contribution in [2.24, 2.45) is 5.92 Å². The molecular formula is C16H19N5O3. The predicted molar refractivity (Wildman–Crippen MR) is 83.5 cm³/mol. The van der Waals surface area contributed by atoms with Crippen molar-refractivity contribution in [3.63, 3.8) is 0 Å². The maximum Gasteiger partial charge on any atom is 0.272 e. The molecule has 0 spiro atoms. The summed E-state index contributed by atoms with van der Waals surface area (Å²) in [5.41, 5.74) is 1.57. The number of aliphatic hydroxyl groups excluding tert-OH is 1. The minimum Gasteiger partial charge on any atom is -0.619 e. The summed E-state index contributed by atoms with van der Waals surface area (Å²) < 4.78 is 2.30. The number of aliphatic hydroxyl groups is 1. The molecule has 2 heterocycles. The molecular weight excluding hydrogens is 310 g/mol. The molecule has 1 amide bonds. The lowest BCUT2D eigenvalue weighted by Crippen LogP contribution is -2.46. The molecule has 0 aromatic carbocycles. The lowest BCUT2D eigenvalue weighted by molar-refractivity contribution is -0.605. The lowest BCUT2D eigenvalue weighted by atomic mass is 10.1. The molecule has 2 aliphatic carbocycles. The zero-order valence-electron chi connectivity index (χ0n) is 13.6. The molecule has 2 N–H and O–H groups in total. The number of amides is 1. The second-order valence-electron chi connectivity index (χ2n) is 7.20. The van der Waals surface area contributed by atoms with Crippen LogP contribution in [0.1, 0.15) is 47.9 Å². The average Bonchev–Trinajstić information content (AvgIpc) is 3.03. The highest BCUT2D eigenvalue weighted by Gasteiger charge is 2.50. The highest BCUT2D eigenvalue weighted by molar-refractivity contribution is 5.95. The van der Waals surface area contributed by atoms with Gasteiger partial charge < -0.3 is 15.6 Å². The van der Waals surface area contributed by atoms with Crippen molar-refractivity contribution < 1.29 is 14.6 Å². The van der Waals surface area contributed by atoms with Crippen LogP contribution in [0.4, 0.5) is 0 Å². The number of nitrogens with one attached hydrogen (secondary N) is 1. The molecule has 0 aliphatic heterocycles. The van der Waals surface area contributed by atoms with Crippen molar-refractivity contribution in [1.29, 1.82) is 0 Å². The largest absolute Gasteiger partial charge is 0.619 e. The van der Waals surface area contributed by atoms with Crippen LogP contribution in [-0.4, -0.2) is 37.9 Å². The van der Waals surface area contributed by atoms with Gasteiger partial charge in [0, 0.05) is 11.5 Å². The van der Waals surface area contributed by atoms with E-state index in [4.69, 9.17) is 0 Å². The van der Waals surface area contributed by atoms with Gasteiger partial charge in [-0.3, -0.25) is 4.79 Å². The van der Waals surface area contributed by atoms with Crippen LogP contribution in [0.15, 0.2) is 18.6 Å². The quantitative estimate of drug-likeness (QED) is 0.609. The first-order chi connectivity index (χ1) is 11.4. The van der Waals surface area contributed by atoms with Crippen molar-refractivity contribution in [1.82, 2.24) is 20.1 Å². The van der Waals surface area contributed by atoms with Crippen LogP contribution in [0.25, 0.3) is 5.82 Å². The van der Waals surface area contributed by atoms with Gasteiger partial charge in [-0.15, -0.1) is 0 Å². The molecule has 8 nitrogen and oxygen atoms in total. The molecule has 0 saturated heterocycles. The van der Waals surface area contributed by atoms with E-state index in [2.05, 4.69) is 15.4 Å². The number of rotatable bonds is 4. The van der Waals surface area contributed by atoms with E-state index in [1.807, 2.05) is 0 Å². The van der Waals surface area contributed by atoms with Crippen molar-refractivity contribution >= 4 is 5.91 Å². The lowest BCUT2D eigenvalue weighted by Gasteiger charge is -2.23. The van der Waals surface area contributed by atoms with Gasteiger partial charge in [-0.25, -0.2) is 9.67 Å². The van der Waals surface area contributed by atoms with Gasteiger partial charge in [0.2, 0.25) is 12.0 Å². The average molecular weight is 329 g/mol. The van der Waals surface area contributed by atoms with E-state index in [0.29, 0.717) is 28.1 Å². The van der Waals surface area contributed by atoms with Crippen LogP contribution < -0.4 is 10.0 Å². The Labute approximate surface area is 138 Å². The molecule has 0 radical (unpaired) electrons. The first-order valence-corrected chi connectivity index (χ1v) is 8.00. The molecule has 2 aliphatic rings. The summed E-state index contributed by atoms with van der Waals surface area (Å²) in [6, 6.07) is 0. The van der Waals surface area contributed by atoms with Crippen molar-refractivity contribution in [3.8, 4) is 5.82 Å². The van der Waals surface area contributed by atoms with E-state index in [0.717, 1.165) is 24.1 Å². The van der Waals surface area contributed by atoms with Gasteiger partial charge in [0.15, 0.2) is 11.9 Å². The Morgan fingerprint density at radius 2 is 2.38 bits per heavy atom. The summed E-state index contributed by atoms with van der Waals surface area (Å²) in [4.78, 5) is 16.8. The molecule has 2 aromatic heterocycles. The predicted octanol–water partition coefficient (Wildman–Crippen LogP) is 0.0610. The molecule has 2 aromatic rings. The maximum absolute atomic E-state index is 12.6. The maximum atomic E-state index is 12.6. The van der Waals surface area contributed by atoms with E-state index < -0.39 is 5.54 Å². The van der Waals surface area contributed by atoms with Gasteiger partial charge in [-0.1, -0.05) is 0 Å². The Balaban J connectivity index is 1.76. The molecule has 0 unspecified atom stereocenters. The van der Waals surface area contributed by atoms with Crippen LogP contribution >= 0.6 is 0 Å². The van der Waals surface area contributed by atoms with E-state index in [1.54, 1.807) is 18.5 Å². The van der Waals surface area contributed by atoms with E-state index >= 15 is 0 Å².